The fourth-order valence-corrected chi connectivity index (χ4v) is 1.80. The largest absolute Gasteiger partial charge is 0.478 e. The first-order chi connectivity index (χ1) is 5.98. The van der Waals surface area contributed by atoms with Gasteiger partial charge in [-0.25, -0.2) is 4.79 Å². The average molecular weight is 184 g/mol. The van der Waals surface area contributed by atoms with Crippen molar-refractivity contribution in [1.29, 1.82) is 0 Å². The minimum Gasteiger partial charge on any atom is -0.478 e. The standard InChI is InChI=1S/C10H16O3/c1-7(2)10(13)6-4-3-5-8(10)9(11)12/h5,7,13H,3-4,6H2,1-2H3,(H,11,12)/t10-/m1/s1. The van der Waals surface area contributed by atoms with E-state index in [9.17, 15) is 9.90 Å². The van der Waals surface area contributed by atoms with Gasteiger partial charge in [0, 0.05) is 0 Å². The van der Waals surface area contributed by atoms with Gasteiger partial charge in [-0.1, -0.05) is 19.9 Å². The van der Waals surface area contributed by atoms with Crippen molar-refractivity contribution in [3.05, 3.63) is 11.6 Å². The summed E-state index contributed by atoms with van der Waals surface area (Å²) in [6.07, 6.45) is 3.83. The summed E-state index contributed by atoms with van der Waals surface area (Å²) in [6, 6.07) is 0. The van der Waals surface area contributed by atoms with Crippen LogP contribution in [-0.2, 0) is 4.79 Å². The van der Waals surface area contributed by atoms with Crippen molar-refractivity contribution in [1.82, 2.24) is 0 Å². The first-order valence-corrected chi connectivity index (χ1v) is 4.65. The van der Waals surface area contributed by atoms with Crippen LogP contribution in [0.1, 0.15) is 33.1 Å². The summed E-state index contributed by atoms with van der Waals surface area (Å²) in [5.74, 6) is -1.04. The smallest absolute Gasteiger partial charge is 0.334 e. The zero-order valence-electron chi connectivity index (χ0n) is 8.08. The van der Waals surface area contributed by atoms with Gasteiger partial charge < -0.3 is 10.2 Å². The first kappa shape index (κ1) is 10.3. The van der Waals surface area contributed by atoms with Crippen LogP contribution >= 0.6 is 0 Å². The van der Waals surface area contributed by atoms with Crippen LogP contribution in [-0.4, -0.2) is 21.8 Å². The Labute approximate surface area is 78.1 Å². The Kier molecular flexibility index (Phi) is 2.76. The maximum Gasteiger partial charge on any atom is 0.334 e. The molecular formula is C10H16O3. The van der Waals surface area contributed by atoms with Crippen LogP contribution in [0.25, 0.3) is 0 Å². The Morgan fingerprint density at radius 1 is 1.62 bits per heavy atom. The molecule has 1 aliphatic carbocycles. The second kappa shape index (κ2) is 3.50. The lowest BCUT2D eigenvalue weighted by atomic mass is 9.76. The Hall–Kier alpha value is -0.830. The maximum atomic E-state index is 10.8. The van der Waals surface area contributed by atoms with Gasteiger partial charge in [-0.3, -0.25) is 0 Å². The Morgan fingerprint density at radius 2 is 2.23 bits per heavy atom. The SMILES string of the molecule is CC(C)[C@]1(O)CCCC=C1C(=O)O. The van der Waals surface area contributed by atoms with Crippen LogP contribution in [0.15, 0.2) is 11.6 Å². The number of hydrogen-bond donors (Lipinski definition) is 2. The highest BCUT2D eigenvalue weighted by Gasteiger charge is 2.39. The van der Waals surface area contributed by atoms with Crippen LogP contribution in [0.5, 0.6) is 0 Å². The molecule has 13 heavy (non-hydrogen) atoms. The summed E-state index contributed by atoms with van der Waals surface area (Å²) in [4.78, 5) is 10.8. The average Bonchev–Trinajstić information content (AvgIpc) is 2.04. The van der Waals surface area contributed by atoms with Crippen LogP contribution < -0.4 is 0 Å². The van der Waals surface area contributed by atoms with E-state index in [4.69, 9.17) is 5.11 Å². The van der Waals surface area contributed by atoms with Crippen LogP contribution in [0.4, 0.5) is 0 Å². The fraction of sp³-hybridized carbons (Fsp3) is 0.700. The van der Waals surface area contributed by atoms with Gasteiger partial charge in [-0.05, 0) is 25.2 Å². The molecule has 2 N–H and O–H groups in total. The second-order valence-electron chi connectivity index (χ2n) is 3.89. The van der Waals surface area contributed by atoms with Crippen molar-refractivity contribution in [2.75, 3.05) is 0 Å². The number of rotatable bonds is 2. The minimum atomic E-state index is -1.12. The van der Waals surface area contributed by atoms with Gasteiger partial charge in [0.2, 0.25) is 0 Å². The fourth-order valence-electron chi connectivity index (χ4n) is 1.80. The zero-order valence-corrected chi connectivity index (χ0v) is 8.08. The van der Waals surface area contributed by atoms with E-state index < -0.39 is 11.6 Å². The quantitative estimate of drug-likeness (QED) is 0.684. The lowest BCUT2D eigenvalue weighted by Gasteiger charge is -2.35. The van der Waals surface area contributed by atoms with Crippen molar-refractivity contribution in [2.45, 2.75) is 38.7 Å². The van der Waals surface area contributed by atoms with Crippen molar-refractivity contribution in [3.63, 3.8) is 0 Å². The molecule has 3 nitrogen and oxygen atoms in total. The van der Waals surface area contributed by atoms with E-state index in [0.717, 1.165) is 12.8 Å². The molecule has 3 heteroatoms. The third-order valence-electron chi connectivity index (χ3n) is 2.76. The maximum absolute atomic E-state index is 10.8. The van der Waals surface area contributed by atoms with Gasteiger partial charge in [0.25, 0.3) is 0 Å². The number of carboxylic acid groups (broad SMARTS) is 1. The molecule has 0 heterocycles. The minimum absolute atomic E-state index is 0.0462. The predicted octanol–water partition coefficient (Wildman–Crippen LogP) is 1.57. The molecule has 0 aromatic heterocycles. The lowest BCUT2D eigenvalue weighted by molar-refractivity contribution is -0.136. The van der Waals surface area contributed by atoms with Crippen LogP contribution in [0.2, 0.25) is 0 Å². The molecule has 0 aliphatic heterocycles. The van der Waals surface area contributed by atoms with Gasteiger partial charge in [-0.15, -0.1) is 0 Å². The highest BCUT2D eigenvalue weighted by atomic mass is 16.4. The third kappa shape index (κ3) is 1.75. The van der Waals surface area contributed by atoms with Gasteiger partial charge >= 0.3 is 5.97 Å². The van der Waals surface area contributed by atoms with Crippen LogP contribution in [0.3, 0.4) is 0 Å². The molecule has 1 aliphatic rings. The summed E-state index contributed by atoms with van der Waals surface area (Å²) >= 11 is 0. The molecule has 0 unspecified atom stereocenters. The van der Waals surface area contributed by atoms with Gasteiger partial charge in [0.15, 0.2) is 0 Å². The van der Waals surface area contributed by atoms with Gasteiger partial charge in [0.1, 0.15) is 0 Å². The number of aliphatic carboxylic acids is 1. The van der Waals surface area contributed by atoms with Gasteiger partial charge in [-0.2, -0.15) is 0 Å². The lowest BCUT2D eigenvalue weighted by Crippen LogP contribution is -2.41. The normalized spacial score (nSPS) is 28.8. The summed E-state index contributed by atoms with van der Waals surface area (Å²) < 4.78 is 0. The number of carboxylic acids is 1. The molecule has 74 valence electrons. The van der Waals surface area contributed by atoms with Gasteiger partial charge in [0.05, 0.1) is 11.2 Å². The predicted molar refractivity (Wildman–Crippen MR) is 49.4 cm³/mol. The Morgan fingerprint density at radius 3 is 2.62 bits per heavy atom. The highest BCUT2D eigenvalue weighted by Crippen LogP contribution is 2.35. The summed E-state index contributed by atoms with van der Waals surface area (Å²) in [5, 5.41) is 19.0. The molecule has 0 aromatic carbocycles. The van der Waals surface area contributed by atoms with E-state index in [-0.39, 0.29) is 11.5 Å². The Bertz CT molecular complexity index is 243. The molecule has 0 bridgehead atoms. The molecule has 0 saturated heterocycles. The molecule has 0 fully saturated rings. The third-order valence-corrected chi connectivity index (χ3v) is 2.76. The summed E-state index contributed by atoms with van der Waals surface area (Å²) in [5.41, 5.74) is -0.946. The van der Waals surface area contributed by atoms with E-state index in [1.54, 1.807) is 6.08 Å². The molecule has 0 spiro atoms. The summed E-state index contributed by atoms with van der Waals surface area (Å²) in [6.45, 7) is 3.70. The van der Waals surface area contributed by atoms with E-state index in [1.165, 1.54) is 0 Å². The zero-order chi connectivity index (χ0) is 10.1. The number of hydrogen-bond acceptors (Lipinski definition) is 2. The Balaban J connectivity index is 3.01. The van der Waals surface area contributed by atoms with Crippen molar-refractivity contribution >= 4 is 5.97 Å². The number of aliphatic hydroxyl groups is 1. The number of carbonyl (C=O) groups is 1. The van der Waals surface area contributed by atoms with E-state index in [0.29, 0.717) is 6.42 Å². The molecule has 0 aromatic rings. The second-order valence-corrected chi connectivity index (χ2v) is 3.89. The monoisotopic (exact) mass is 184 g/mol. The molecule has 0 radical (unpaired) electrons. The molecule has 1 atom stereocenters. The topological polar surface area (TPSA) is 57.5 Å². The summed E-state index contributed by atoms with van der Waals surface area (Å²) in [7, 11) is 0. The van der Waals surface area contributed by atoms with E-state index >= 15 is 0 Å². The van der Waals surface area contributed by atoms with Crippen LogP contribution in [0, 0.1) is 5.92 Å². The van der Waals surface area contributed by atoms with E-state index in [1.807, 2.05) is 13.8 Å². The number of allylic oxidation sites excluding steroid dienone is 1. The highest BCUT2D eigenvalue weighted by molar-refractivity contribution is 5.89. The van der Waals surface area contributed by atoms with Crippen molar-refractivity contribution in [3.8, 4) is 0 Å². The molecule has 0 saturated carbocycles. The van der Waals surface area contributed by atoms with E-state index in [2.05, 4.69) is 0 Å². The molecular weight excluding hydrogens is 168 g/mol. The first-order valence-electron chi connectivity index (χ1n) is 4.65. The molecule has 0 amide bonds. The van der Waals surface area contributed by atoms with Crippen molar-refractivity contribution < 1.29 is 15.0 Å². The van der Waals surface area contributed by atoms with Crippen molar-refractivity contribution in [2.24, 2.45) is 5.92 Å². The molecule has 1 rings (SSSR count).